The van der Waals surface area contributed by atoms with Gasteiger partial charge in [-0.25, -0.2) is 0 Å². The molecule has 10 heteroatoms. The number of non-ortho nitro benzene ring substituents is 1. The van der Waals surface area contributed by atoms with Crippen LogP contribution in [0, 0.1) is 10.1 Å². The number of amides is 1. The number of rotatable bonds is 6. The highest BCUT2D eigenvalue weighted by atomic mass is 19.4. The molecule has 0 saturated heterocycles. The summed E-state index contributed by atoms with van der Waals surface area (Å²) >= 11 is 0. The monoisotopic (exact) mass is 383 g/mol. The highest BCUT2D eigenvalue weighted by Gasteiger charge is 2.32. The molecule has 0 aliphatic carbocycles. The molecule has 0 heterocycles. The Bertz CT molecular complexity index is 856. The second kappa shape index (κ2) is 7.94. The van der Waals surface area contributed by atoms with E-state index in [2.05, 4.69) is 10.1 Å². The first-order valence-electron chi connectivity index (χ1n) is 7.67. The van der Waals surface area contributed by atoms with Crippen LogP contribution in [0.3, 0.4) is 0 Å². The number of carbonyl (C=O) groups is 1. The number of nitrogens with zero attached hydrogens (tertiary/aromatic N) is 2. The molecule has 0 radical (unpaired) electrons. The topological polar surface area (TPSA) is 84.7 Å². The molecule has 1 amide bonds. The first-order valence-corrected chi connectivity index (χ1v) is 7.67. The minimum atomic E-state index is -4.84. The molecule has 0 unspecified atom stereocenters. The summed E-state index contributed by atoms with van der Waals surface area (Å²) in [5.41, 5.74) is 0.315. The minimum absolute atomic E-state index is 0.0198. The lowest BCUT2D eigenvalue weighted by Gasteiger charge is -2.23. The molecule has 144 valence electrons. The average Bonchev–Trinajstić information content (AvgIpc) is 2.60. The fraction of sp³-hybridized carbons (Fsp3) is 0.235. The van der Waals surface area contributed by atoms with Gasteiger partial charge in [0.2, 0.25) is 0 Å². The number of hydrogen-bond donors (Lipinski definition) is 1. The summed E-state index contributed by atoms with van der Waals surface area (Å²) < 4.78 is 41.7. The summed E-state index contributed by atoms with van der Waals surface area (Å²) in [4.78, 5) is 23.9. The predicted octanol–water partition coefficient (Wildman–Crippen LogP) is 3.49. The molecule has 1 N–H and O–H groups in total. The van der Waals surface area contributed by atoms with Crippen molar-refractivity contribution in [2.75, 3.05) is 19.0 Å². The number of alkyl halides is 3. The van der Waals surface area contributed by atoms with Crippen molar-refractivity contribution < 1.29 is 27.6 Å². The third-order valence-corrected chi connectivity index (χ3v) is 3.68. The summed E-state index contributed by atoms with van der Waals surface area (Å²) in [6, 6.07) is 9.32. The normalized spacial score (nSPS) is 11.0. The molecular weight excluding hydrogens is 367 g/mol. The number of nitrogens with one attached hydrogen (secondary N) is 1. The Balaban J connectivity index is 2.38. The number of ether oxygens (including phenoxy) is 1. The van der Waals surface area contributed by atoms with Crippen molar-refractivity contribution in [3.8, 4) is 5.75 Å². The second-order valence-electron chi connectivity index (χ2n) is 5.55. The smallest absolute Gasteiger partial charge is 0.405 e. The van der Waals surface area contributed by atoms with Gasteiger partial charge in [-0.3, -0.25) is 14.9 Å². The van der Waals surface area contributed by atoms with Crippen LogP contribution in [0.15, 0.2) is 42.5 Å². The summed E-state index contributed by atoms with van der Waals surface area (Å²) in [6.45, 7) is -0.0198. The Labute approximate surface area is 152 Å². The molecule has 0 atom stereocenters. The van der Waals surface area contributed by atoms with E-state index in [9.17, 15) is 28.1 Å². The van der Waals surface area contributed by atoms with E-state index in [0.717, 1.165) is 6.07 Å². The first-order chi connectivity index (χ1) is 12.6. The summed E-state index contributed by atoms with van der Waals surface area (Å²) in [5.74, 6) is -0.916. The van der Waals surface area contributed by atoms with Crippen LogP contribution >= 0.6 is 0 Å². The number of anilines is 1. The molecule has 0 saturated carbocycles. The molecule has 27 heavy (non-hydrogen) atoms. The highest BCUT2D eigenvalue weighted by molar-refractivity contribution is 6.00. The van der Waals surface area contributed by atoms with Gasteiger partial charge in [-0.1, -0.05) is 18.2 Å². The lowest BCUT2D eigenvalue weighted by molar-refractivity contribution is -0.384. The SMILES string of the molecule is CNC(=O)c1cc([N+](=O)[O-])ccc1N(C)Cc1ccccc1OC(F)(F)F. The van der Waals surface area contributed by atoms with Crippen LogP contribution in [-0.4, -0.2) is 31.3 Å². The van der Waals surface area contributed by atoms with Crippen molar-refractivity contribution in [1.29, 1.82) is 0 Å². The Hall–Kier alpha value is -3.30. The number of para-hydroxylation sites is 1. The zero-order chi connectivity index (χ0) is 20.2. The van der Waals surface area contributed by atoms with Gasteiger partial charge >= 0.3 is 6.36 Å². The molecule has 0 aliphatic heterocycles. The lowest BCUT2D eigenvalue weighted by atomic mass is 10.1. The zero-order valence-corrected chi connectivity index (χ0v) is 14.4. The third kappa shape index (κ3) is 5.09. The van der Waals surface area contributed by atoms with Crippen LogP contribution in [0.5, 0.6) is 5.75 Å². The van der Waals surface area contributed by atoms with E-state index in [-0.39, 0.29) is 29.1 Å². The van der Waals surface area contributed by atoms with E-state index in [1.165, 1.54) is 42.3 Å². The number of halogens is 3. The molecule has 2 aromatic rings. The maximum atomic E-state index is 12.6. The van der Waals surface area contributed by atoms with E-state index in [1.54, 1.807) is 13.1 Å². The quantitative estimate of drug-likeness (QED) is 0.610. The number of nitro groups is 1. The van der Waals surface area contributed by atoms with Gasteiger partial charge in [-0.2, -0.15) is 0 Å². The Morgan fingerprint density at radius 2 is 1.93 bits per heavy atom. The van der Waals surface area contributed by atoms with Crippen molar-refractivity contribution in [3.63, 3.8) is 0 Å². The van der Waals surface area contributed by atoms with E-state index >= 15 is 0 Å². The molecule has 0 fully saturated rings. The van der Waals surface area contributed by atoms with Gasteiger partial charge in [0.05, 0.1) is 16.2 Å². The molecule has 0 aromatic heterocycles. The van der Waals surface area contributed by atoms with Gasteiger partial charge in [0, 0.05) is 38.3 Å². The molecule has 0 aliphatic rings. The maximum absolute atomic E-state index is 12.6. The van der Waals surface area contributed by atoms with Gasteiger partial charge in [0.15, 0.2) is 0 Å². The number of benzene rings is 2. The van der Waals surface area contributed by atoms with Crippen LogP contribution in [0.1, 0.15) is 15.9 Å². The standard InChI is InChI=1S/C17H16F3N3O4/c1-21-16(24)13-9-12(23(25)26)7-8-14(13)22(2)10-11-5-3-4-6-15(11)27-17(18,19)20/h3-9H,10H2,1-2H3,(H,21,24). The van der Waals surface area contributed by atoms with Crippen LogP contribution < -0.4 is 15.0 Å². The highest BCUT2D eigenvalue weighted by Crippen LogP contribution is 2.30. The van der Waals surface area contributed by atoms with Gasteiger partial charge in [-0.15, -0.1) is 13.2 Å². The van der Waals surface area contributed by atoms with E-state index in [4.69, 9.17) is 0 Å². The number of hydrogen-bond acceptors (Lipinski definition) is 5. The van der Waals surface area contributed by atoms with E-state index in [0.29, 0.717) is 5.69 Å². The average molecular weight is 383 g/mol. The van der Waals surface area contributed by atoms with Crippen molar-refractivity contribution in [2.24, 2.45) is 0 Å². The summed E-state index contributed by atoms with van der Waals surface area (Å²) in [6.07, 6.45) is -4.84. The second-order valence-corrected chi connectivity index (χ2v) is 5.55. The minimum Gasteiger partial charge on any atom is -0.405 e. The fourth-order valence-corrected chi connectivity index (χ4v) is 2.49. The zero-order valence-electron chi connectivity index (χ0n) is 14.4. The van der Waals surface area contributed by atoms with Crippen molar-refractivity contribution >= 4 is 17.3 Å². The lowest BCUT2D eigenvalue weighted by Crippen LogP contribution is -2.25. The first kappa shape index (κ1) is 20.0. The molecular formula is C17H16F3N3O4. The van der Waals surface area contributed by atoms with Crippen molar-refractivity contribution in [3.05, 3.63) is 63.7 Å². The Morgan fingerprint density at radius 3 is 2.52 bits per heavy atom. The predicted molar refractivity (Wildman–Crippen MR) is 91.7 cm³/mol. The summed E-state index contributed by atoms with van der Waals surface area (Å²) in [5, 5.41) is 13.3. The maximum Gasteiger partial charge on any atom is 0.573 e. The van der Waals surface area contributed by atoms with Crippen LogP contribution in [0.2, 0.25) is 0 Å². The number of carbonyl (C=O) groups excluding carboxylic acids is 1. The van der Waals surface area contributed by atoms with Gasteiger partial charge in [-0.05, 0) is 12.1 Å². The van der Waals surface area contributed by atoms with Gasteiger partial charge < -0.3 is 15.0 Å². The van der Waals surface area contributed by atoms with Gasteiger partial charge in [0.25, 0.3) is 11.6 Å². The third-order valence-electron chi connectivity index (χ3n) is 3.68. The molecule has 2 rings (SSSR count). The van der Waals surface area contributed by atoms with Crippen LogP contribution in [-0.2, 0) is 6.54 Å². The van der Waals surface area contributed by atoms with E-state index in [1.807, 2.05) is 0 Å². The summed E-state index contributed by atoms with van der Waals surface area (Å²) in [7, 11) is 2.93. The van der Waals surface area contributed by atoms with Crippen molar-refractivity contribution in [2.45, 2.75) is 12.9 Å². The molecule has 0 bridgehead atoms. The molecule has 0 spiro atoms. The van der Waals surface area contributed by atoms with Gasteiger partial charge in [0.1, 0.15) is 5.75 Å². The molecule has 2 aromatic carbocycles. The van der Waals surface area contributed by atoms with E-state index < -0.39 is 17.2 Å². The Kier molecular flexibility index (Phi) is 5.88. The number of nitro benzene ring substituents is 1. The fourth-order valence-electron chi connectivity index (χ4n) is 2.49. The molecule has 7 nitrogen and oxygen atoms in total. The van der Waals surface area contributed by atoms with Crippen LogP contribution in [0.4, 0.5) is 24.5 Å². The largest absolute Gasteiger partial charge is 0.573 e. The van der Waals surface area contributed by atoms with Crippen LogP contribution in [0.25, 0.3) is 0 Å². The van der Waals surface area contributed by atoms with Crippen molar-refractivity contribution in [1.82, 2.24) is 5.32 Å². The Morgan fingerprint density at radius 1 is 1.26 bits per heavy atom.